The molecule has 3 aromatic rings. The SMILES string of the molecule is Cc1cc2cc(C(=O)N3CCCn4nc([C@@H](O)CN(C)C)cc4C3)ccc2o1. The Morgan fingerprint density at radius 2 is 2.11 bits per heavy atom. The Morgan fingerprint density at radius 3 is 2.89 bits per heavy atom. The van der Waals surface area contributed by atoms with E-state index in [1.807, 2.05) is 65.8 Å². The molecule has 0 saturated carbocycles. The van der Waals surface area contributed by atoms with E-state index < -0.39 is 6.10 Å². The molecule has 0 radical (unpaired) electrons. The van der Waals surface area contributed by atoms with E-state index in [1.54, 1.807) is 0 Å². The van der Waals surface area contributed by atoms with E-state index in [0.29, 0.717) is 30.9 Å². The lowest BCUT2D eigenvalue weighted by Crippen LogP contribution is -2.30. The number of likely N-dealkylation sites (N-methyl/N-ethyl adjacent to an activating group) is 1. The van der Waals surface area contributed by atoms with Gasteiger partial charge in [-0.25, -0.2) is 0 Å². The molecular weight excluding hydrogens is 356 g/mol. The molecule has 1 atom stereocenters. The molecule has 0 saturated heterocycles. The number of amides is 1. The van der Waals surface area contributed by atoms with Crippen LogP contribution in [0.3, 0.4) is 0 Å². The molecule has 2 aromatic heterocycles. The van der Waals surface area contributed by atoms with Crippen LogP contribution in [0.25, 0.3) is 11.0 Å². The maximum atomic E-state index is 13.1. The highest BCUT2D eigenvalue weighted by atomic mass is 16.3. The van der Waals surface area contributed by atoms with E-state index in [9.17, 15) is 9.90 Å². The van der Waals surface area contributed by atoms with Crippen LogP contribution < -0.4 is 0 Å². The van der Waals surface area contributed by atoms with Gasteiger partial charge in [-0.05, 0) is 57.8 Å². The first-order valence-electron chi connectivity index (χ1n) is 9.59. The van der Waals surface area contributed by atoms with Crippen LogP contribution in [0.2, 0.25) is 0 Å². The third kappa shape index (κ3) is 3.68. The Bertz CT molecular complexity index is 1000. The fourth-order valence-corrected chi connectivity index (χ4v) is 3.75. The molecule has 148 valence electrons. The summed E-state index contributed by atoms with van der Waals surface area (Å²) < 4.78 is 7.52. The molecule has 1 aromatic carbocycles. The van der Waals surface area contributed by atoms with Crippen LogP contribution in [0.5, 0.6) is 0 Å². The summed E-state index contributed by atoms with van der Waals surface area (Å²) in [7, 11) is 3.84. The van der Waals surface area contributed by atoms with Crippen molar-refractivity contribution < 1.29 is 14.3 Å². The second-order valence-corrected chi connectivity index (χ2v) is 7.75. The molecule has 28 heavy (non-hydrogen) atoms. The summed E-state index contributed by atoms with van der Waals surface area (Å²) in [5, 5.41) is 15.9. The lowest BCUT2D eigenvalue weighted by atomic mass is 10.1. The molecule has 1 N–H and O–H groups in total. The van der Waals surface area contributed by atoms with Gasteiger partial charge in [0.15, 0.2) is 0 Å². The Balaban J connectivity index is 1.55. The standard InChI is InChI=1S/C21H26N4O3/c1-14-9-16-10-15(5-6-20(16)28-14)21(27)24-7-4-8-25-17(12-24)11-18(22-25)19(26)13-23(2)3/h5-6,9-11,19,26H,4,7-8,12-13H2,1-3H3/t19-/m0/s1. The van der Waals surface area contributed by atoms with Crippen molar-refractivity contribution in [2.45, 2.75) is 32.5 Å². The maximum Gasteiger partial charge on any atom is 0.254 e. The topological polar surface area (TPSA) is 74.7 Å². The predicted molar refractivity (Wildman–Crippen MR) is 106 cm³/mol. The Kier molecular flexibility index (Phi) is 4.95. The number of benzene rings is 1. The lowest BCUT2D eigenvalue weighted by Gasteiger charge is -2.20. The van der Waals surface area contributed by atoms with Gasteiger partial charge >= 0.3 is 0 Å². The van der Waals surface area contributed by atoms with E-state index in [2.05, 4.69) is 5.10 Å². The fourth-order valence-electron chi connectivity index (χ4n) is 3.75. The van der Waals surface area contributed by atoms with Gasteiger partial charge in [-0.3, -0.25) is 9.48 Å². The first kappa shape index (κ1) is 18.7. The normalized spacial score (nSPS) is 15.7. The van der Waals surface area contributed by atoms with Gasteiger partial charge < -0.3 is 19.3 Å². The van der Waals surface area contributed by atoms with Gasteiger partial charge in [0.1, 0.15) is 17.4 Å². The number of carbonyl (C=O) groups is 1. The Hall–Kier alpha value is -2.64. The van der Waals surface area contributed by atoms with Crippen LogP contribution in [0.1, 0.15) is 40.0 Å². The number of fused-ring (bicyclic) bond motifs is 2. The second-order valence-electron chi connectivity index (χ2n) is 7.75. The molecule has 0 spiro atoms. The van der Waals surface area contributed by atoms with E-state index in [-0.39, 0.29) is 5.91 Å². The Labute approximate surface area is 164 Å². The molecule has 1 aliphatic heterocycles. The lowest BCUT2D eigenvalue weighted by molar-refractivity contribution is 0.0746. The minimum absolute atomic E-state index is 0.00536. The third-order valence-electron chi connectivity index (χ3n) is 5.09. The number of carbonyl (C=O) groups excluding carboxylic acids is 1. The zero-order chi connectivity index (χ0) is 19.8. The highest BCUT2D eigenvalue weighted by Crippen LogP contribution is 2.23. The summed E-state index contributed by atoms with van der Waals surface area (Å²) in [5.41, 5.74) is 3.07. The van der Waals surface area contributed by atoms with Crippen molar-refractivity contribution >= 4 is 16.9 Å². The van der Waals surface area contributed by atoms with Crippen molar-refractivity contribution in [1.29, 1.82) is 0 Å². The van der Waals surface area contributed by atoms with Gasteiger partial charge in [-0.15, -0.1) is 0 Å². The van der Waals surface area contributed by atoms with Gasteiger partial charge in [-0.2, -0.15) is 5.10 Å². The Morgan fingerprint density at radius 1 is 1.29 bits per heavy atom. The number of aliphatic hydroxyl groups excluding tert-OH is 1. The van der Waals surface area contributed by atoms with Gasteiger partial charge in [0.05, 0.1) is 17.9 Å². The average molecular weight is 382 g/mol. The molecule has 3 heterocycles. The van der Waals surface area contributed by atoms with Crippen LogP contribution in [0.15, 0.2) is 34.7 Å². The van der Waals surface area contributed by atoms with E-state index in [4.69, 9.17) is 4.42 Å². The molecule has 7 nitrogen and oxygen atoms in total. The summed E-state index contributed by atoms with van der Waals surface area (Å²) in [6.45, 7) is 4.33. The number of furan rings is 1. The minimum Gasteiger partial charge on any atom is -0.461 e. The number of aromatic nitrogens is 2. The zero-order valence-corrected chi connectivity index (χ0v) is 16.6. The van der Waals surface area contributed by atoms with E-state index >= 15 is 0 Å². The monoisotopic (exact) mass is 382 g/mol. The third-order valence-corrected chi connectivity index (χ3v) is 5.09. The summed E-state index contributed by atoms with van der Waals surface area (Å²) >= 11 is 0. The van der Waals surface area contributed by atoms with Crippen LogP contribution in [-0.4, -0.2) is 57.8 Å². The molecule has 1 amide bonds. The summed E-state index contributed by atoms with van der Waals surface area (Å²) in [4.78, 5) is 16.9. The van der Waals surface area contributed by atoms with Gasteiger partial charge in [0, 0.05) is 30.6 Å². The van der Waals surface area contributed by atoms with Gasteiger partial charge in [0.25, 0.3) is 5.91 Å². The second kappa shape index (κ2) is 7.41. The molecular formula is C21H26N4O3. The van der Waals surface area contributed by atoms with Crippen LogP contribution >= 0.6 is 0 Å². The number of nitrogens with zero attached hydrogens (tertiary/aromatic N) is 4. The van der Waals surface area contributed by atoms with Crippen molar-refractivity contribution in [2.75, 3.05) is 27.2 Å². The number of hydrogen-bond acceptors (Lipinski definition) is 5. The highest BCUT2D eigenvalue weighted by Gasteiger charge is 2.24. The maximum absolute atomic E-state index is 13.1. The highest BCUT2D eigenvalue weighted by molar-refractivity contribution is 5.97. The molecule has 1 aliphatic rings. The van der Waals surface area contributed by atoms with Crippen molar-refractivity contribution in [3.63, 3.8) is 0 Å². The largest absolute Gasteiger partial charge is 0.461 e. The van der Waals surface area contributed by atoms with E-state index in [1.165, 1.54) is 0 Å². The summed E-state index contributed by atoms with van der Waals surface area (Å²) in [6, 6.07) is 9.43. The summed E-state index contributed by atoms with van der Waals surface area (Å²) in [6.07, 6.45) is 0.196. The van der Waals surface area contributed by atoms with Gasteiger partial charge in [0.2, 0.25) is 0 Å². The summed E-state index contributed by atoms with van der Waals surface area (Å²) in [5.74, 6) is 0.841. The van der Waals surface area contributed by atoms with Crippen molar-refractivity contribution in [2.24, 2.45) is 0 Å². The minimum atomic E-state index is -0.634. The van der Waals surface area contributed by atoms with Crippen molar-refractivity contribution in [3.8, 4) is 0 Å². The molecule has 0 unspecified atom stereocenters. The van der Waals surface area contributed by atoms with Crippen molar-refractivity contribution in [1.82, 2.24) is 19.6 Å². The van der Waals surface area contributed by atoms with Crippen LogP contribution in [0, 0.1) is 6.92 Å². The fraction of sp³-hybridized carbons (Fsp3) is 0.429. The molecule has 0 aliphatic carbocycles. The molecule has 0 bridgehead atoms. The smallest absolute Gasteiger partial charge is 0.254 e. The van der Waals surface area contributed by atoms with Crippen molar-refractivity contribution in [3.05, 3.63) is 53.0 Å². The first-order chi connectivity index (χ1) is 13.4. The number of rotatable bonds is 4. The quantitative estimate of drug-likeness (QED) is 0.751. The van der Waals surface area contributed by atoms with Crippen LogP contribution in [-0.2, 0) is 13.1 Å². The molecule has 4 rings (SSSR count). The average Bonchev–Trinajstić information content (AvgIpc) is 3.16. The van der Waals surface area contributed by atoms with Crippen LogP contribution in [0.4, 0.5) is 0 Å². The molecule has 0 fully saturated rings. The number of hydrogen-bond donors (Lipinski definition) is 1. The number of aryl methyl sites for hydroxylation is 2. The predicted octanol–water partition coefficient (Wildman–Crippen LogP) is 2.58. The number of aliphatic hydroxyl groups is 1. The zero-order valence-electron chi connectivity index (χ0n) is 16.6. The molecule has 7 heteroatoms. The van der Waals surface area contributed by atoms with Gasteiger partial charge in [-0.1, -0.05) is 0 Å². The van der Waals surface area contributed by atoms with E-state index in [0.717, 1.165) is 35.4 Å². The first-order valence-corrected chi connectivity index (χ1v) is 9.59.